The molecule has 0 bridgehead atoms. The Hall–Kier alpha value is -1.07. The van der Waals surface area contributed by atoms with Gasteiger partial charge in [-0.15, -0.1) is 0 Å². The Balaban J connectivity index is 2.80. The minimum atomic E-state index is -0.814. The summed E-state index contributed by atoms with van der Waals surface area (Å²) >= 11 is 3.45. The van der Waals surface area contributed by atoms with Gasteiger partial charge in [-0.25, -0.2) is 0 Å². The van der Waals surface area contributed by atoms with Crippen LogP contribution in [0.3, 0.4) is 0 Å². The minimum absolute atomic E-state index is 0.0418. The average molecular weight is 302 g/mol. The van der Waals surface area contributed by atoms with Gasteiger partial charge in [0.05, 0.1) is 13.7 Å². The topological polar surface area (TPSA) is 49.8 Å². The predicted octanol–water partition coefficient (Wildman–Crippen LogP) is 2.36. The van der Waals surface area contributed by atoms with Gasteiger partial charge in [0, 0.05) is 11.0 Å². The quantitative estimate of drug-likeness (QED) is 0.876. The van der Waals surface area contributed by atoms with Crippen molar-refractivity contribution in [3.05, 3.63) is 28.2 Å². The maximum Gasteiger partial charge on any atom is 0.317 e. The third kappa shape index (κ3) is 4.36. The lowest BCUT2D eigenvalue weighted by Crippen LogP contribution is -2.29. The molecule has 1 aromatic carbocycles. The Morgan fingerprint density at radius 1 is 1.53 bits per heavy atom. The molecule has 5 heteroatoms. The van der Waals surface area contributed by atoms with Gasteiger partial charge in [-0.1, -0.05) is 22.9 Å². The van der Waals surface area contributed by atoms with E-state index in [9.17, 15) is 4.79 Å². The van der Waals surface area contributed by atoms with E-state index in [0.717, 1.165) is 15.8 Å². The first kappa shape index (κ1) is 14.0. The SMILES string of the molecule is CCN(CC(=O)O)Cc1cc(OC)ccc1Br. The summed E-state index contributed by atoms with van der Waals surface area (Å²) in [6, 6.07) is 5.68. The van der Waals surface area contributed by atoms with Gasteiger partial charge in [-0.05, 0) is 30.3 Å². The number of ether oxygens (including phenoxy) is 1. The van der Waals surface area contributed by atoms with E-state index >= 15 is 0 Å². The van der Waals surface area contributed by atoms with Crippen molar-refractivity contribution in [2.75, 3.05) is 20.2 Å². The molecule has 0 unspecified atom stereocenters. The molecule has 94 valence electrons. The van der Waals surface area contributed by atoms with Crippen LogP contribution in [0.1, 0.15) is 12.5 Å². The maximum atomic E-state index is 10.7. The molecule has 1 rings (SSSR count). The summed E-state index contributed by atoms with van der Waals surface area (Å²) in [7, 11) is 1.61. The van der Waals surface area contributed by atoms with E-state index in [1.807, 2.05) is 30.0 Å². The lowest BCUT2D eigenvalue weighted by Gasteiger charge is -2.19. The summed E-state index contributed by atoms with van der Waals surface area (Å²) in [6.07, 6.45) is 0. The molecule has 1 aromatic rings. The number of hydrogen-bond acceptors (Lipinski definition) is 3. The van der Waals surface area contributed by atoms with Crippen LogP contribution in [0.2, 0.25) is 0 Å². The summed E-state index contributed by atoms with van der Waals surface area (Å²) in [5.74, 6) is -0.0413. The highest BCUT2D eigenvalue weighted by Crippen LogP contribution is 2.23. The van der Waals surface area contributed by atoms with E-state index in [2.05, 4.69) is 15.9 Å². The molecular weight excluding hydrogens is 286 g/mol. The first-order valence-corrected chi connectivity index (χ1v) is 6.12. The Kier molecular flexibility index (Phi) is 5.44. The van der Waals surface area contributed by atoms with Crippen molar-refractivity contribution in [2.24, 2.45) is 0 Å². The molecule has 0 fully saturated rings. The Morgan fingerprint density at radius 3 is 2.76 bits per heavy atom. The Morgan fingerprint density at radius 2 is 2.24 bits per heavy atom. The third-order valence-electron chi connectivity index (χ3n) is 2.45. The molecule has 0 aromatic heterocycles. The third-order valence-corrected chi connectivity index (χ3v) is 3.23. The fraction of sp³-hybridized carbons (Fsp3) is 0.417. The summed E-state index contributed by atoms with van der Waals surface area (Å²) in [4.78, 5) is 12.5. The molecule has 0 saturated heterocycles. The standard InChI is InChI=1S/C12H16BrNO3/c1-3-14(8-12(15)16)7-9-6-10(17-2)4-5-11(9)13/h4-6H,3,7-8H2,1-2H3,(H,15,16). The van der Waals surface area contributed by atoms with Gasteiger partial charge in [0.15, 0.2) is 0 Å². The molecule has 0 heterocycles. The number of hydrogen-bond donors (Lipinski definition) is 1. The highest BCUT2D eigenvalue weighted by molar-refractivity contribution is 9.10. The van der Waals surface area contributed by atoms with Crippen LogP contribution in [0.5, 0.6) is 5.75 Å². The van der Waals surface area contributed by atoms with Gasteiger partial charge in [0.1, 0.15) is 5.75 Å². The number of rotatable bonds is 6. The van der Waals surface area contributed by atoms with Gasteiger partial charge >= 0.3 is 5.97 Å². The number of benzene rings is 1. The number of carboxylic acid groups (broad SMARTS) is 1. The van der Waals surface area contributed by atoms with Crippen LogP contribution >= 0.6 is 15.9 Å². The molecule has 0 aliphatic heterocycles. The van der Waals surface area contributed by atoms with Crippen molar-refractivity contribution < 1.29 is 14.6 Å². The van der Waals surface area contributed by atoms with E-state index in [4.69, 9.17) is 9.84 Å². The lowest BCUT2D eigenvalue weighted by atomic mass is 10.2. The van der Waals surface area contributed by atoms with Crippen LogP contribution in [-0.2, 0) is 11.3 Å². The van der Waals surface area contributed by atoms with Crippen LogP contribution in [0.4, 0.5) is 0 Å². The molecular formula is C12H16BrNO3. The van der Waals surface area contributed by atoms with Crippen LogP contribution in [0.15, 0.2) is 22.7 Å². The first-order valence-electron chi connectivity index (χ1n) is 5.33. The van der Waals surface area contributed by atoms with Crippen molar-refractivity contribution in [2.45, 2.75) is 13.5 Å². The highest BCUT2D eigenvalue weighted by atomic mass is 79.9. The molecule has 0 aliphatic rings. The van der Waals surface area contributed by atoms with Crippen molar-refractivity contribution >= 4 is 21.9 Å². The largest absolute Gasteiger partial charge is 0.497 e. The van der Waals surface area contributed by atoms with Gasteiger partial charge in [0.2, 0.25) is 0 Å². The van der Waals surface area contributed by atoms with Gasteiger partial charge < -0.3 is 9.84 Å². The molecule has 0 amide bonds. The van der Waals surface area contributed by atoms with Gasteiger partial charge in [0.25, 0.3) is 0 Å². The zero-order valence-electron chi connectivity index (χ0n) is 9.94. The number of nitrogens with zero attached hydrogens (tertiary/aromatic N) is 1. The summed E-state index contributed by atoms with van der Waals surface area (Å²) < 4.78 is 6.11. The maximum absolute atomic E-state index is 10.7. The van der Waals surface area contributed by atoms with Crippen LogP contribution in [0.25, 0.3) is 0 Å². The summed E-state index contributed by atoms with van der Waals surface area (Å²) in [5, 5.41) is 8.79. The monoisotopic (exact) mass is 301 g/mol. The van der Waals surface area contributed by atoms with Crippen LogP contribution in [-0.4, -0.2) is 36.2 Å². The van der Waals surface area contributed by atoms with Gasteiger partial charge in [-0.3, -0.25) is 9.69 Å². The van der Waals surface area contributed by atoms with E-state index in [0.29, 0.717) is 13.1 Å². The van der Waals surface area contributed by atoms with Crippen LogP contribution in [0, 0.1) is 0 Å². The second-order valence-electron chi connectivity index (χ2n) is 3.65. The number of halogens is 1. The molecule has 0 atom stereocenters. The van der Waals surface area contributed by atoms with Crippen molar-refractivity contribution in [1.29, 1.82) is 0 Å². The summed E-state index contributed by atoms with van der Waals surface area (Å²) in [5.41, 5.74) is 1.02. The highest BCUT2D eigenvalue weighted by Gasteiger charge is 2.10. The molecule has 17 heavy (non-hydrogen) atoms. The Labute approximate surface area is 109 Å². The number of carbonyl (C=O) groups is 1. The molecule has 0 spiro atoms. The first-order chi connectivity index (χ1) is 8.06. The average Bonchev–Trinajstić information content (AvgIpc) is 2.30. The second kappa shape index (κ2) is 6.61. The van der Waals surface area contributed by atoms with E-state index in [-0.39, 0.29) is 6.54 Å². The smallest absolute Gasteiger partial charge is 0.317 e. The zero-order chi connectivity index (χ0) is 12.8. The number of methoxy groups -OCH3 is 1. The van der Waals surface area contributed by atoms with Crippen molar-refractivity contribution in [1.82, 2.24) is 4.90 Å². The molecule has 0 aliphatic carbocycles. The fourth-order valence-corrected chi connectivity index (χ4v) is 1.88. The zero-order valence-corrected chi connectivity index (χ0v) is 11.5. The van der Waals surface area contributed by atoms with Gasteiger partial charge in [-0.2, -0.15) is 0 Å². The normalized spacial score (nSPS) is 10.6. The van der Waals surface area contributed by atoms with E-state index in [1.165, 1.54) is 0 Å². The molecule has 0 saturated carbocycles. The molecule has 1 N–H and O–H groups in total. The molecule has 0 radical (unpaired) electrons. The second-order valence-corrected chi connectivity index (χ2v) is 4.51. The van der Waals surface area contributed by atoms with E-state index in [1.54, 1.807) is 7.11 Å². The number of carboxylic acids is 1. The Bertz CT molecular complexity index is 395. The fourth-order valence-electron chi connectivity index (χ4n) is 1.51. The molecule has 4 nitrogen and oxygen atoms in total. The minimum Gasteiger partial charge on any atom is -0.497 e. The van der Waals surface area contributed by atoms with Crippen LogP contribution < -0.4 is 4.74 Å². The lowest BCUT2D eigenvalue weighted by molar-refractivity contribution is -0.138. The summed E-state index contributed by atoms with van der Waals surface area (Å²) in [6.45, 7) is 3.26. The van der Waals surface area contributed by atoms with Crippen molar-refractivity contribution in [3.8, 4) is 5.75 Å². The predicted molar refractivity (Wildman–Crippen MR) is 69.3 cm³/mol. The van der Waals surface area contributed by atoms with Crippen molar-refractivity contribution in [3.63, 3.8) is 0 Å². The number of aliphatic carboxylic acids is 1. The number of likely N-dealkylation sites (N-methyl/N-ethyl adjacent to an activating group) is 1. The van der Waals surface area contributed by atoms with E-state index < -0.39 is 5.97 Å².